The maximum absolute atomic E-state index is 12.3. The Bertz CT molecular complexity index is 945. The van der Waals surface area contributed by atoms with Gasteiger partial charge in [0.2, 0.25) is 11.8 Å². The number of nitrogens with zero attached hydrogens (tertiary/aromatic N) is 1. The first-order chi connectivity index (χ1) is 15.9. The number of nitrogens with one attached hydrogen (secondary N) is 3. The van der Waals surface area contributed by atoms with Crippen molar-refractivity contribution < 1.29 is 14.7 Å². The van der Waals surface area contributed by atoms with Crippen molar-refractivity contribution in [2.45, 2.75) is 40.2 Å². The number of anilines is 2. The number of aliphatic hydroxyl groups is 1. The van der Waals surface area contributed by atoms with Gasteiger partial charge in [-0.05, 0) is 75.4 Å². The summed E-state index contributed by atoms with van der Waals surface area (Å²) in [6, 6.07) is 12.0. The molecule has 0 bridgehead atoms. The van der Waals surface area contributed by atoms with E-state index in [0.29, 0.717) is 5.92 Å². The second-order valence-corrected chi connectivity index (χ2v) is 9.01. The molecule has 1 fully saturated rings. The van der Waals surface area contributed by atoms with Crippen LogP contribution in [0.15, 0.2) is 36.4 Å². The molecule has 1 aliphatic rings. The predicted octanol–water partition coefficient (Wildman–Crippen LogP) is 2.98. The van der Waals surface area contributed by atoms with Crippen molar-refractivity contribution in [1.82, 2.24) is 10.2 Å². The largest absolute Gasteiger partial charge is 0.396 e. The molecule has 7 heteroatoms. The number of piperidine rings is 1. The van der Waals surface area contributed by atoms with Crippen LogP contribution in [0.2, 0.25) is 0 Å². The lowest BCUT2D eigenvalue weighted by Gasteiger charge is -2.31. The molecule has 33 heavy (non-hydrogen) atoms. The maximum atomic E-state index is 12.3. The first-order valence-corrected chi connectivity index (χ1v) is 11.6. The number of para-hydroxylation sites is 1. The Morgan fingerprint density at radius 1 is 1.00 bits per heavy atom. The first-order valence-electron chi connectivity index (χ1n) is 11.6. The number of aliphatic hydroxyl groups excluding tert-OH is 1. The molecule has 0 aromatic heterocycles. The van der Waals surface area contributed by atoms with E-state index in [1.165, 1.54) is 0 Å². The lowest BCUT2D eigenvalue weighted by molar-refractivity contribution is -0.122. The molecule has 178 valence electrons. The summed E-state index contributed by atoms with van der Waals surface area (Å²) >= 11 is 0. The van der Waals surface area contributed by atoms with Gasteiger partial charge < -0.3 is 21.1 Å². The Morgan fingerprint density at radius 3 is 2.33 bits per heavy atom. The second-order valence-electron chi connectivity index (χ2n) is 9.01. The van der Waals surface area contributed by atoms with Gasteiger partial charge in [0.15, 0.2) is 0 Å². The number of carbonyl (C=O) groups excluding carboxylic acids is 2. The minimum absolute atomic E-state index is 0.0747. The molecule has 7 nitrogen and oxygen atoms in total. The molecular formula is C26H36N4O3. The quantitative estimate of drug-likeness (QED) is 0.469. The molecule has 1 aliphatic heterocycles. The average molecular weight is 453 g/mol. The average Bonchev–Trinajstić information content (AvgIpc) is 2.80. The third-order valence-electron chi connectivity index (χ3n) is 6.20. The molecular weight excluding hydrogens is 416 g/mol. The van der Waals surface area contributed by atoms with E-state index in [9.17, 15) is 14.7 Å². The summed E-state index contributed by atoms with van der Waals surface area (Å²) in [6.45, 7) is 8.98. The number of likely N-dealkylation sites (tertiary alicyclic amines) is 1. The van der Waals surface area contributed by atoms with E-state index in [1.807, 2.05) is 51.1 Å². The standard InChI is InChI=1S/C26H36N4O3/c1-18-12-19(2)26(20(3)13-18)29-25(33)15-28-24(32)14-27-23-7-5-4-6-22(23)16-30-10-8-21(17-31)9-11-30/h4-7,12-13,21,27,31H,8-11,14-17H2,1-3H3,(H,28,32)(H,29,33). The Balaban J connectivity index is 1.46. The molecule has 2 aromatic carbocycles. The number of carbonyl (C=O) groups is 2. The zero-order chi connectivity index (χ0) is 23.8. The maximum Gasteiger partial charge on any atom is 0.243 e. The predicted molar refractivity (Wildman–Crippen MR) is 132 cm³/mol. The van der Waals surface area contributed by atoms with Crippen LogP contribution in [0.25, 0.3) is 0 Å². The summed E-state index contributed by atoms with van der Waals surface area (Å²) in [5.41, 5.74) is 6.02. The normalized spacial score (nSPS) is 14.7. The summed E-state index contributed by atoms with van der Waals surface area (Å²) in [6.07, 6.45) is 2.02. The minimum Gasteiger partial charge on any atom is -0.396 e. The van der Waals surface area contributed by atoms with Crippen molar-refractivity contribution in [3.05, 3.63) is 58.7 Å². The van der Waals surface area contributed by atoms with Crippen molar-refractivity contribution in [3.63, 3.8) is 0 Å². The molecule has 4 N–H and O–H groups in total. The van der Waals surface area contributed by atoms with Crippen LogP contribution in [0.1, 0.15) is 35.1 Å². The molecule has 0 spiro atoms. The van der Waals surface area contributed by atoms with Crippen LogP contribution >= 0.6 is 0 Å². The van der Waals surface area contributed by atoms with Gasteiger partial charge in [0.25, 0.3) is 0 Å². The zero-order valence-corrected chi connectivity index (χ0v) is 19.9. The van der Waals surface area contributed by atoms with Crippen molar-refractivity contribution in [2.24, 2.45) is 5.92 Å². The molecule has 1 heterocycles. The van der Waals surface area contributed by atoms with E-state index in [-0.39, 0.29) is 31.5 Å². The van der Waals surface area contributed by atoms with Gasteiger partial charge >= 0.3 is 0 Å². The van der Waals surface area contributed by atoms with E-state index in [1.54, 1.807) is 0 Å². The topological polar surface area (TPSA) is 93.7 Å². The molecule has 0 saturated carbocycles. The third kappa shape index (κ3) is 7.30. The summed E-state index contributed by atoms with van der Waals surface area (Å²) in [4.78, 5) is 27.0. The monoisotopic (exact) mass is 452 g/mol. The Kier molecular flexibility index (Phi) is 8.86. The van der Waals surface area contributed by atoms with Gasteiger partial charge in [-0.1, -0.05) is 35.9 Å². The Morgan fingerprint density at radius 2 is 1.67 bits per heavy atom. The smallest absolute Gasteiger partial charge is 0.243 e. The molecule has 0 unspecified atom stereocenters. The number of amides is 2. The molecule has 1 saturated heterocycles. The number of rotatable bonds is 9. The number of hydrogen-bond donors (Lipinski definition) is 4. The highest BCUT2D eigenvalue weighted by Gasteiger charge is 2.19. The lowest BCUT2D eigenvalue weighted by atomic mass is 9.97. The molecule has 2 aromatic rings. The molecule has 0 radical (unpaired) electrons. The van der Waals surface area contributed by atoms with Gasteiger partial charge in [-0.2, -0.15) is 0 Å². The summed E-state index contributed by atoms with van der Waals surface area (Å²) in [5, 5.41) is 18.1. The molecule has 2 amide bonds. The van der Waals surface area contributed by atoms with Crippen molar-refractivity contribution in [1.29, 1.82) is 0 Å². The summed E-state index contributed by atoms with van der Waals surface area (Å²) in [7, 11) is 0. The zero-order valence-electron chi connectivity index (χ0n) is 19.9. The SMILES string of the molecule is Cc1cc(C)c(NC(=O)CNC(=O)CNc2ccccc2CN2CCC(CO)CC2)c(C)c1. The van der Waals surface area contributed by atoms with Crippen LogP contribution in [-0.2, 0) is 16.1 Å². The Hall–Kier alpha value is -2.90. The van der Waals surface area contributed by atoms with E-state index >= 15 is 0 Å². The fraction of sp³-hybridized carbons (Fsp3) is 0.462. The van der Waals surface area contributed by atoms with Gasteiger partial charge in [0.05, 0.1) is 13.1 Å². The highest BCUT2D eigenvalue weighted by molar-refractivity contribution is 5.96. The van der Waals surface area contributed by atoms with E-state index in [0.717, 1.165) is 66.1 Å². The fourth-order valence-corrected chi connectivity index (χ4v) is 4.38. The van der Waals surface area contributed by atoms with Gasteiger partial charge in [-0.15, -0.1) is 0 Å². The third-order valence-corrected chi connectivity index (χ3v) is 6.20. The summed E-state index contributed by atoms with van der Waals surface area (Å²) in [5.74, 6) is -0.0690. The van der Waals surface area contributed by atoms with Crippen LogP contribution in [0.5, 0.6) is 0 Å². The number of hydrogen-bond acceptors (Lipinski definition) is 5. The Labute approximate surface area is 196 Å². The van der Waals surface area contributed by atoms with Crippen LogP contribution in [0.3, 0.4) is 0 Å². The molecule has 0 atom stereocenters. The van der Waals surface area contributed by atoms with E-state index < -0.39 is 0 Å². The molecule has 0 aliphatic carbocycles. The van der Waals surface area contributed by atoms with Crippen LogP contribution in [0, 0.1) is 26.7 Å². The van der Waals surface area contributed by atoms with E-state index in [4.69, 9.17) is 0 Å². The van der Waals surface area contributed by atoms with Crippen molar-refractivity contribution in [2.75, 3.05) is 43.4 Å². The summed E-state index contributed by atoms with van der Waals surface area (Å²) < 4.78 is 0. The first kappa shape index (κ1) is 24.7. The van der Waals surface area contributed by atoms with Crippen molar-refractivity contribution >= 4 is 23.2 Å². The van der Waals surface area contributed by atoms with Crippen LogP contribution in [0.4, 0.5) is 11.4 Å². The highest BCUT2D eigenvalue weighted by Crippen LogP contribution is 2.23. The van der Waals surface area contributed by atoms with Gasteiger partial charge in [-0.3, -0.25) is 14.5 Å². The van der Waals surface area contributed by atoms with Crippen LogP contribution < -0.4 is 16.0 Å². The van der Waals surface area contributed by atoms with Crippen molar-refractivity contribution in [3.8, 4) is 0 Å². The van der Waals surface area contributed by atoms with Gasteiger partial charge in [-0.25, -0.2) is 0 Å². The van der Waals surface area contributed by atoms with Gasteiger partial charge in [0, 0.05) is 24.5 Å². The lowest BCUT2D eigenvalue weighted by Crippen LogP contribution is -2.37. The van der Waals surface area contributed by atoms with E-state index in [2.05, 4.69) is 26.9 Å². The fourth-order valence-electron chi connectivity index (χ4n) is 4.38. The minimum atomic E-state index is -0.245. The number of aryl methyl sites for hydroxylation is 3. The highest BCUT2D eigenvalue weighted by atomic mass is 16.3. The molecule has 3 rings (SSSR count). The van der Waals surface area contributed by atoms with Crippen LogP contribution in [-0.4, -0.2) is 54.6 Å². The number of benzene rings is 2. The second kappa shape index (κ2) is 11.8. The van der Waals surface area contributed by atoms with Gasteiger partial charge in [0.1, 0.15) is 0 Å².